The minimum atomic E-state index is -0.157. The molecule has 0 radical (unpaired) electrons. The topological polar surface area (TPSA) is 51.6 Å². The van der Waals surface area contributed by atoms with Crippen LogP contribution in [-0.4, -0.2) is 30.1 Å². The summed E-state index contributed by atoms with van der Waals surface area (Å²) >= 11 is 0. The van der Waals surface area contributed by atoms with Crippen molar-refractivity contribution in [3.05, 3.63) is 24.0 Å². The van der Waals surface area contributed by atoms with Crippen molar-refractivity contribution < 1.29 is 14.6 Å². The van der Waals surface area contributed by atoms with E-state index in [1.165, 1.54) is 12.8 Å². The zero-order valence-corrected chi connectivity index (χ0v) is 9.56. The lowest BCUT2D eigenvalue weighted by atomic mass is 10.3. The van der Waals surface area contributed by atoms with Crippen molar-refractivity contribution in [1.82, 2.24) is 4.98 Å². The highest BCUT2D eigenvalue weighted by Crippen LogP contribution is 2.28. The number of aromatic nitrogens is 1. The molecule has 90 valence electrons. The number of aliphatic hydroxyl groups excluding tert-OH is 1. The molecule has 1 N–H and O–H groups in total. The summed E-state index contributed by atoms with van der Waals surface area (Å²) in [6.45, 7) is 0.863. The van der Waals surface area contributed by atoms with Crippen LogP contribution in [0.5, 0.6) is 5.75 Å². The van der Waals surface area contributed by atoms with Crippen LogP contribution in [0.3, 0.4) is 0 Å². The highest BCUT2D eigenvalue weighted by atomic mass is 16.7. The maximum absolute atomic E-state index is 8.58. The van der Waals surface area contributed by atoms with E-state index >= 15 is 0 Å². The molecule has 1 saturated carbocycles. The molecule has 0 atom stereocenters. The van der Waals surface area contributed by atoms with Crippen LogP contribution in [0.1, 0.15) is 18.4 Å². The van der Waals surface area contributed by atoms with Gasteiger partial charge in [0.05, 0.1) is 12.8 Å². The van der Waals surface area contributed by atoms with Crippen molar-refractivity contribution in [2.45, 2.75) is 12.8 Å². The summed E-state index contributed by atoms with van der Waals surface area (Å²) in [7, 11) is 0. The van der Waals surface area contributed by atoms with Crippen LogP contribution in [0.25, 0.3) is 0 Å². The lowest BCUT2D eigenvalue weighted by molar-refractivity contribution is 0.00978. The van der Waals surface area contributed by atoms with Crippen molar-refractivity contribution >= 4 is 0 Å². The molecule has 0 aliphatic heterocycles. The number of pyridine rings is 1. The number of nitrogens with zero attached hydrogens (tertiary/aromatic N) is 1. The van der Waals surface area contributed by atoms with E-state index in [9.17, 15) is 0 Å². The minimum absolute atomic E-state index is 0.157. The van der Waals surface area contributed by atoms with Crippen LogP contribution < -0.4 is 4.74 Å². The molecule has 4 nitrogen and oxygen atoms in total. The van der Waals surface area contributed by atoms with Gasteiger partial charge in [0.2, 0.25) is 0 Å². The Morgan fingerprint density at radius 2 is 2.29 bits per heavy atom. The van der Waals surface area contributed by atoms with E-state index < -0.39 is 0 Å². The predicted molar refractivity (Wildman–Crippen MR) is 62.4 cm³/mol. The molecular formula is C13H15NO3. The standard InChI is InChI=1S/C13H15NO3/c15-5-1-2-12-6-13(8-14-7-12)17-10-16-9-11-3-4-11/h6-8,11,15H,3-5,9-10H2. The molecule has 0 bridgehead atoms. The minimum Gasteiger partial charge on any atom is -0.466 e. The monoisotopic (exact) mass is 233 g/mol. The van der Waals surface area contributed by atoms with Crippen LogP contribution in [0.15, 0.2) is 18.5 Å². The van der Waals surface area contributed by atoms with Gasteiger partial charge in [-0.1, -0.05) is 11.8 Å². The Morgan fingerprint density at radius 3 is 3.06 bits per heavy atom. The van der Waals surface area contributed by atoms with Gasteiger partial charge in [0.1, 0.15) is 12.4 Å². The molecule has 0 spiro atoms. The van der Waals surface area contributed by atoms with Gasteiger partial charge in [-0.05, 0) is 24.8 Å². The molecule has 17 heavy (non-hydrogen) atoms. The fourth-order valence-corrected chi connectivity index (χ4v) is 1.32. The fraction of sp³-hybridized carbons (Fsp3) is 0.462. The summed E-state index contributed by atoms with van der Waals surface area (Å²) in [5.74, 6) is 6.70. The molecule has 0 aromatic carbocycles. The summed E-state index contributed by atoms with van der Waals surface area (Å²) in [4.78, 5) is 4.00. The molecule has 1 aromatic rings. The Bertz CT molecular complexity index is 418. The van der Waals surface area contributed by atoms with Crippen molar-refractivity contribution in [3.63, 3.8) is 0 Å². The summed E-state index contributed by atoms with van der Waals surface area (Å²) < 4.78 is 10.7. The van der Waals surface area contributed by atoms with Crippen molar-refractivity contribution in [1.29, 1.82) is 0 Å². The van der Waals surface area contributed by atoms with Crippen molar-refractivity contribution in [2.24, 2.45) is 5.92 Å². The molecule has 0 unspecified atom stereocenters. The van der Waals surface area contributed by atoms with Gasteiger partial charge in [0.15, 0.2) is 6.79 Å². The average molecular weight is 233 g/mol. The summed E-state index contributed by atoms with van der Waals surface area (Å²) in [6, 6.07) is 1.77. The van der Waals surface area contributed by atoms with Crippen LogP contribution in [0.2, 0.25) is 0 Å². The lowest BCUT2D eigenvalue weighted by Crippen LogP contribution is -2.05. The van der Waals surface area contributed by atoms with Crippen LogP contribution in [-0.2, 0) is 4.74 Å². The second-order valence-electron chi connectivity index (χ2n) is 3.95. The molecule has 0 amide bonds. The maximum Gasteiger partial charge on any atom is 0.189 e. The molecule has 0 saturated heterocycles. The van der Waals surface area contributed by atoms with Gasteiger partial charge in [-0.2, -0.15) is 0 Å². The van der Waals surface area contributed by atoms with Gasteiger partial charge in [0.25, 0.3) is 0 Å². The predicted octanol–water partition coefficient (Wildman–Crippen LogP) is 1.19. The van der Waals surface area contributed by atoms with Crippen LogP contribution >= 0.6 is 0 Å². The van der Waals surface area contributed by atoms with Gasteiger partial charge in [-0.3, -0.25) is 4.98 Å². The Hall–Kier alpha value is -1.57. The maximum atomic E-state index is 8.58. The van der Waals surface area contributed by atoms with E-state index in [1.54, 1.807) is 18.5 Å². The van der Waals surface area contributed by atoms with E-state index in [1.807, 2.05) is 0 Å². The van der Waals surface area contributed by atoms with Gasteiger partial charge >= 0.3 is 0 Å². The normalized spacial score (nSPS) is 13.9. The van der Waals surface area contributed by atoms with E-state index in [-0.39, 0.29) is 13.4 Å². The number of rotatable bonds is 5. The van der Waals surface area contributed by atoms with Crippen molar-refractivity contribution in [3.8, 4) is 17.6 Å². The highest BCUT2D eigenvalue weighted by Gasteiger charge is 2.21. The van der Waals surface area contributed by atoms with Gasteiger partial charge < -0.3 is 14.6 Å². The van der Waals surface area contributed by atoms with E-state index in [0.29, 0.717) is 5.75 Å². The highest BCUT2D eigenvalue weighted by molar-refractivity contribution is 5.36. The Balaban J connectivity index is 1.78. The Labute approximate surface area is 101 Å². The van der Waals surface area contributed by atoms with E-state index in [2.05, 4.69) is 16.8 Å². The first-order valence-corrected chi connectivity index (χ1v) is 5.64. The molecule has 4 heteroatoms. The van der Waals surface area contributed by atoms with Crippen LogP contribution in [0.4, 0.5) is 0 Å². The number of ether oxygens (including phenoxy) is 2. The second-order valence-corrected chi connectivity index (χ2v) is 3.95. The van der Waals surface area contributed by atoms with Gasteiger partial charge in [-0.25, -0.2) is 0 Å². The third-order valence-corrected chi connectivity index (χ3v) is 2.38. The second kappa shape index (κ2) is 6.24. The molecule has 1 aliphatic carbocycles. The molecular weight excluding hydrogens is 218 g/mol. The largest absolute Gasteiger partial charge is 0.466 e. The summed E-state index contributed by atoms with van der Waals surface area (Å²) in [5, 5.41) is 8.58. The third-order valence-electron chi connectivity index (χ3n) is 2.38. The van der Waals surface area contributed by atoms with Gasteiger partial charge in [0, 0.05) is 11.8 Å². The molecule has 1 fully saturated rings. The first kappa shape index (κ1) is 11.9. The quantitative estimate of drug-likeness (QED) is 0.471. The number of hydrogen-bond donors (Lipinski definition) is 1. The number of aliphatic hydroxyl groups is 1. The fourth-order valence-electron chi connectivity index (χ4n) is 1.32. The van der Waals surface area contributed by atoms with E-state index in [4.69, 9.17) is 14.6 Å². The SMILES string of the molecule is OCC#Cc1cncc(OCOCC2CC2)c1. The zero-order chi connectivity index (χ0) is 11.9. The van der Waals surface area contributed by atoms with Crippen LogP contribution in [0, 0.1) is 17.8 Å². The van der Waals surface area contributed by atoms with Crippen molar-refractivity contribution in [2.75, 3.05) is 20.0 Å². The number of hydrogen-bond acceptors (Lipinski definition) is 4. The summed E-state index contributed by atoms with van der Waals surface area (Å²) in [5.41, 5.74) is 0.721. The lowest BCUT2D eigenvalue weighted by Gasteiger charge is -2.06. The molecule has 1 aromatic heterocycles. The molecule has 2 rings (SSSR count). The molecule has 1 aliphatic rings. The van der Waals surface area contributed by atoms with Gasteiger partial charge in [-0.15, -0.1) is 0 Å². The first-order chi connectivity index (χ1) is 8.38. The smallest absolute Gasteiger partial charge is 0.189 e. The Morgan fingerprint density at radius 1 is 1.41 bits per heavy atom. The average Bonchev–Trinajstić information content (AvgIpc) is 3.17. The summed E-state index contributed by atoms with van der Waals surface area (Å²) in [6.07, 6.45) is 5.78. The Kier molecular flexibility index (Phi) is 4.37. The molecule has 1 heterocycles. The first-order valence-electron chi connectivity index (χ1n) is 5.64. The third kappa shape index (κ3) is 4.43. The van der Waals surface area contributed by atoms with E-state index in [0.717, 1.165) is 18.1 Å². The zero-order valence-electron chi connectivity index (χ0n) is 9.56.